The van der Waals surface area contributed by atoms with Gasteiger partial charge in [0.25, 0.3) is 5.91 Å². The van der Waals surface area contributed by atoms with E-state index in [0.29, 0.717) is 38.8 Å². The number of rotatable bonds is 5. The Balaban J connectivity index is 1.44. The highest BCUT2D eigenvalue weighted by Crippen LogP contribution is 2.29. The summed E-state index contributed by atoms with van der Waals surface area (Å²) in [5.41, 5.74) is 1.73. The number of piperidine rings is 1. The van der Waals surface area contributed by atoms with Crippen LogP contribution in [0.25, 0.3) is 0 Å². The topological polar surface area (TPSA) is 49.4 Å². The summed E-state index contributed by atoms with van der Waals surface area (Å²) in [4.78, 5) is 26.6. The summed E-state index contributed by atoms with van der Waals surface area (Å²) in [7, 11) is 0. The molecule has 4 nitrogen and oxygen atoms in total. The quantitative estimate of drug-likeness (QED) is 0.784. The zero-order valence-corrected chi connectivity index (χ0v) is 16.8. The number of benzene rings is 2. The second-order valence-electron chi connectivity index (χ2n) is 7.69. The SMILES string of the molecule is Cc1ccc(CCC(=O)N2CCC(NC(=O)c3ccc(C(F)(F)F)cc3)CC2)cc1. The lowest BCUT2D eigenvalue weighted by atomic mass is 10.0. The van der Waals surface area contributed by atoms with Gasteiger partial charge >= 0.3 is 6.18 Å². The van der Waals surface area contributed by atoms with Gasteiger partial charge in [-0.05, 0) is 56.0 Å². The largest absolute Gasteiger partial charge is 0.416 e. The summed E-state index contributed by atoms with van der Waals surface area (Å²) in [6.45, 7) is 3.14. The molecule has 1 aliphatic heterocycles. The first-order chi connectivity index (χ1) is 14.2. The standard InChI is InChI=1S/C23H25F3N2O2/c1-16-2-4-17(5-3-16)6-11-21(29)28-14-12-20(13-15-28)27-22(30)18-7-9-19(10-8-18)23(24,25)26/h2-5,7-10,20H,6,11-15H2,1H3,(H,27,30). The highest BCUT2D eigenvalue weighted by atomic mass is 19.4. The van der Waals surface area contributed by atoms with Crippen molar-refractivity contribution < 1.29 is 22.8 Å². The Morgan fingerprint density at radius 2 is 1.60 bits per heavy atom. The van der Waals surface area contributed by atoms with Crippen molar-refractivity contribution in [1.82, 2.24) is 10.2 Å². The molecule has 1 fully saturated rings. The number of halogens is 3. The van der Waals surface area contributed by atoms with Crippen LogP contribution in [-0.2, 0) is 17.4 Å². The number of alkyl halides is 3. The number of carbonyl (C=O) groups excluding carboxylic acids is 2. The molecule has 3 rings (SSSR count). The maximum absolute atomic E-state index is 12.6. The lowest BCUT2D eigenvalue weighted by Crippen LogP contribution is -2.46. The normalized spacial score (nSPS) is 15.1. The first-order valence-corrected chi connectivity index (χ1v) is 10.0. The molecule has 1 aliphatic rings. The smallest absolute Gasteiger partial charge is 0.349 e. The number of nitrogens with one attached hydrogen (secondary N) is 1. The molecule has 0 aliphatic carbocycles. The molecule has 7 heteroatoms. The molecule has 0 aromatic heterocycles. The first kappa shape index (κ1) is 21.9. The van der Waals surface area contributed by atoms with Crippen molar-refractivity contribution in [2.45, 2.75) is 44.8 Å². The minimum Gasteiger partial charge on any atom is -0.349 e. The van der Waals surface area contributed by atoms with Crippen LogP contribution >= 0.6 is 0 Å². The minimum atomic E-state index is -4.42. The number of nitrogens with zero attached hydrogens (tertiary/aromatic N) is 1. The molecule has 2 aromatic rings. The molecule has 160 valence electrons. The van der Waals surface area contributed by atoms with Gasteiger partial charge in [0.1, 0.15) is 0 Å². The number of hydrogen-bond donors (Lipinski definition) is 1. The second-order valence-corrected chi connectivity index (χ2v) is 7.69. The van der Waals surface area contributed by atoms with Crippen molar-refractivity contribution in [3.05, 3.63) is 70.8 Å². The van der Waals surface area contributed by atoms with E-state index < -0.39 is 17.6 Å². The summed E-state index contributed by atoms with van der Waals surface area (Å²) in [5.74, 6) is -0.295. The maximum atomic E-state index is 12.6. The molecule has 0 spiro atoms. The van der Waals surface area contributed by atoms with Crippen LogP contribution in [0.4, 0.5) is 13.2 Å². The molecule has 0 bridgehead atoms. The van der Waals surface area contributed by atoms with E-state index in [2.05, 4.69) is 5.32 Å². The zero-order valence-electron chi connectivity index (χ0n) is 16.8. The second kappa shape index (κ2) is 9.32. The highest BCUT2D eigenvalue weighted by Gasteiger charge is 2.30. The van der Waals surface area contributed by atoms with E-state index in [0.717, 1.165) is 17.7 Å². The number of hydrogen-bond acceptors (Lipinski definition) is 2. The fourth-order valence-electron chi connectivity index (χ4n) is 3.52. The first-order valence-electron chi connectivity index (χ1n) is 10.0. The molecular formula is C23H25F3N2O2. The van der Waals surface area contributed by atoms with Crippen molar-refractivity contribution in [2.75, 3.05) is 13.1 Å². The lowest BCUT2D eigenvalue weighted by molar-refractivity contribution is -0.137. The van der Waals surface area contributed by atoms with E-state index >= 15 is 0 Å². The Morgan fingerprint density at radius 1 is 1.00 bits per heavy atom. The summed E-state index contributed by atoms with van der Waals surface area (Å²) >= 11 is 0. The third-order valence-corrected chi connectivity index (χ3v) is 5.41. The van der Waals surface area contributed by atoms with Crippen molar-refractivity contribution in [1.29, 1.82) is 0 Å². The molecule has 1 saturated heterocycles. The van der Waals surface area contributed by atoms with E-state index in [9.17, 15) is 22.8 Å². The predicted molar refractivity (Wildman–Crippen MR) is 108 cm³/mol. The van der Waals surface area contributed by atoms with Crippen LogP contribution < -0.4 is 5.32 Å². The Hall–Kier alpha value is -2.83. The predicted octanol–water partition coefficient (Wildman–Crippen LogP) is 4.37. The molecule has 0 atom stereocenters. The summed E-state index contributed by atoms with van der Waals surface area (Å²) < 4.78 is 37.9. The van der Waals surface area contributed by atoms with Crippen LogP contribution in [0.5, 0.6) is 0 Å². The van der Waals surface area contributed by atoms with Gasteiger partial charge in [-0.2, -0.15) is 13.2 Å². The lowest BCUT2D eigenvalue weighted by Gasteiger charge is -2.32. The van der Waals surface area contributed by atoms with E-state index in [1.54, 1.807) is 0 Å². The van der Waals surface area contributed by atoms with Gasteiger partial charge in [-0.1, -0.05) is 29.8 Å². The van der Waals surface area contributed by atoms with Gasteiger partial charge in [0.15, 0.2) is 0 Å². The summed E-state index contributed by atoms with van der Waals surface area (Å²) in [6.07, 6.45) is -2.02. The van der Waals surface area contributed by atoms with Crippen molar-refractivity contribution in [3.63, 3.8) is 0 Å². The Bertz CT molecular complexity index is 869. The van der Waals surface area contributed by atoms with Gasteiger partial charge in [0.2, 0.25) is 5.91 Å². The third kappa shape index (κ3) is 5.84. The Morgan fingerprint density at radius 3 is 2.17 bits per heavy atom. The van der Waals surface area contributed by atoms with Crippen molar-refractivity contribution in [2.24, 2.45) is 0 Å². The Kier molecular flexibility index (Phi) is 6.80. The number of aryl methyl sites for hydroxylation is 2. The van der Waals surface area contributed by atoms with E-state index in [1.165, 1.54) is 17.7 Å². The van der Waals surface area contributed by atoms with Gasteiger partial charge in [-0.25, -0.2) is 0 Å². The molecule has 1 heterocycles. The van der Waals surface area contributed by atoms with E-state index in [1.807, 2.05) is 36.1 Å². The van der Waals surface area contributed by atoms with Gasteiger partial charge in [-0.3, -0.25) is 9.59 Å². The fraction of sp³-hybridized carbons (Fsp3) is 0.391. The summed E-state index contributed by atoms with van der Waals surface area (Å²) in [6, 6.07) is 12.2. The average Bonchev–Trinajstić information content (AvgIpc) is 2.73. The monoisotopic (exact) mass is 418 g/mol. The maximum Gasteiger partial charge on any atom is 0.416 e. The average molecular weight is 418 g/mol. The molecule has 30 heavy (non-hydrogen) atoms. The number of amides is 2. The minimum absolute atomic E-state index is 0.0964. The summed E-state index contributed by atoms with van der Waals surface area (Å²) in [5, 5.41) is 2.86. The van der Waals surface area contributed by atoms with Crippen LogP contribution in [0, 0.1) is 6.92 Å². The Labute approximate surface area is 174 Å². The van der Waals surface area contributed by atoms with Crippen LogP contribution in [0.3, 0.4) is 0 Å². The molecule has 2 amide bonds. The zero-order chi connectivity index (χ0) is 21.7. The fourth-order valence-corrected chi connectivity index (χ4v) is 3.52. The van der Waals surface area contributed by atoms with Crippen LogP contribution in [0.1, 0.15) is 46.3 Å². The molecule has 1 N–H and O–H groups in total. The van der Waals surface area contributed by atoms with Crippen LogP contribution in [-0.4, -0.2) is 35.8 Å². The van der Waals surface area contributed by atoms with E-state index in [-0.39, 0.29) is 17.5 Å². The van der Waals surface area contributed by atoms with Crippen molar-refractivity contribution in [3.8, 4) is 0 Å². The van der Waals surface area contributed by atoms with Crippen LogP contribution in [0.2, 0.25) is 0 Å². The molecular weight excluding hydrogens is 393 g/mol. The molecule has 2 aromatic carbocycles. The van der Waals surface area contributed by atoms with Crippen molar-refractivity contribution >= 4 is 11.8 Å². The van der Waals surface area contributed by atoms with Gasteiger partial charge in [-0.15, -0.1) is 0 Å². The van der Waals surface area contributed by atoms with Gasteiger partial charge in [0, 0.05) is 31.1 Å². The molecule has 0 radical (unpaired) electrons. The molecule has 0 unspecified atom stereocenters. The number of likely N-dealkylation sites (tertiary alicyclic amines) is 1. The number of carbonyl (C=O) groups is 2. The highest BCUT2D eigenvalue weighted by molar-refractivity contribution is 5.94. The van der Waals surface area contributed by atoms with Gasteiger partial charge < -0.3 is 10.2 Å². The van der Waals surface area contributed by atoms with E-state index in [4.69, 9.17) is 0 Å². The van der Waals surface area contributed by atoms with Crippen LogP contribution in [0.15, 0.2) is 48.5 Å². The third-order valence-electron chi connectivity index (χ3n) is 5.41. The molecule has 0 saturated carbocycles. The van der Waals surface area contributed by atoms with Gasteiger partial charge in [0.05, 0.1) is 5.56 Å².